The van der Waals surface area contributed by atoms with Gasteiger partial charge in [0.25, 0.3) is 0 Å². The van der Waals surface area contributed by atoms with Crippen LogP contribution in [0.3, 0.4) is 0 Å². The maximum Gasteiger partial charge on any atom is 0.193 e. The molecule has 0 radical (unpaired) electrons. The van der Waals surface area contributed by atoms with Crippen molar-refractivity contribution in [1.82, 2.24) is 4.90 Å². The van der Waals surface area contributed by atoms with Crippen molar-refractivity contribution in [1.29, 1.82) is 0 Å². The SMILES string of the molecule is CSC(C)(C(=O)c1ccccc1)N1CCOCC1. The van der Waals surface area contributed by atoms with Crippen molar-refractivity contribution in [2.24, 2.45) is 0 Å². The molecule has 2 rings (SSSR count). The number of Topliss-reactive ketones (excluding diaryl/α,β-unsaturated/α-hetero) is 1. The molecular formula is C14H19NO2S. The van der Waals surface area contributed by atoms with Gasteiger partial charge in [-0.15, -0.1) is 11.8 Å². The minimum atomic E-state index is -0.495. The topological polar surface area (TPSA) is 29.5 Å². The summed E-state index contributed by atoms with van der Waals surface area (Å²) in [5.74, 6) is 0.178. The van der Waals surface area contributed by atoms with Crippen molar-refractivity contribution in [2.75, 3.05) is 32.6 Å². The monoisotopic (exact) mass is 265 g/mol. The molecule has 1 aromatic carbocycles. The summed E-state index contributed by atoms with van der Waals surface area (Å²) in [4.78, 5) is 14.4. The van der Waals surface area contributed by atoms with Crippen molar-refractivity contribution in [3.8, 4) is 0 Å². The summed E-state index contributed by atoms with van der Waals surface area (Å²) in [5.41, 5.74) is 0.779. The average molecular weight is 265 g/mol. The molecule has 1 aromatic rings. The lowest BCUT2D eigenvalue weighted by Gasteiger charge is -2.40. The fourth-order valence-corrected chi connectivity index (χ4v) is 2.96. The van der Waals surface area contributed by atoms with Crippen LogP contribution in [0.25, 0.3) is 0 Å². The first-order chi connectivity index (χ1) is 8.68. The summed E-state index contributed by atoms with van der Waals surface area (Å²) in [6.45, 7) is 5.06. The van der Waals surface area contributed by atoms with Crippen LogP contribution >= 0.6 is 11.8 Å². The van der Waals surface area contributed by atoms with E-state index in [0.717, 1.165) is 18.7 Å². The summed E-state index contributed by atoms with van der Waals surface area (Å²) in [6.07, 6.45) is 2.00. The third kappa shape index (κ3) is 2.60. The molecule has 0 N–H and O–H groups in total. The van der Waals surface area contributed by atoms with E-state index in [1.807, 2.05) is 43.5 Å². The number of hydrogen-bond donors (Lipinski definition) is 0. The molecule has 0 aliphatic carbocycles. The zero-order chi connectivity index (χ0) is 13.0. The number of nitrogens with zero attached hydrogens (tertiary/aromatic N) is 1. The smallest absolute Gasteiger partial charge is 0.193 e. The molecule has 1 unspecified atom stereocenters. The largest absolute Gasteiger partial charge is 0.379 e. The van der Waals surface area contributed by atoms with Crippen LogP contribution in [0.15, 0.2) is 30.3 Å². The molecule has 0 bridgehead atoms. The molecule has 1 saturated heterocycles. The summed E-state index contributed by atoms with van der Waals surface area (Å²) in [7, 11) is 0. The summed E-state index contributed by atoms with van der Waals surface area (Å²) < 4.78 is 5.36. The van der Waals surface area contributed by atoms with Gasteiger partial charge in [-0.1, -0.05) is 30.3 Å². The number of morpholine rings is 1. The van der Waals surface area contributed by atoms with Crippen LogP contribution in [0.5, 0.6) is 0 Å². The number of carbonyl (C=O) groups is 1. The molecule has 0 saturated carbocycles. The zero-order valence-electron chi connectivity index (χ0n) is 10.9. The molecule has 1 fully saturated rings. The number of thioether (sulfide) groups is 1. The first kappa shape index (κ1) is 13.6. The Bertz CT molecular complexity index is 404. The molecule has 0 spiro atoms. The lowest BCUT2D eigenvalue weighted by atomic mass is 10.0. The summed E-state index contributed by atoms with van der Waals surface area (Å²) in [5, 5.41) is 0. The molecule has 1 aliphatic heterocycles. The highest BCUT2D eigenvalue weighted by Crippen LogP contribution is 2.31. The Hall–Kier alpha value is -0.840. The summed E-state index contributed by atoms with van der Waals surface area (Å²) in [6, 6.07) is 9.52. The predicted molar refractivity (Wildman–Crippen MR) is 75.1 cm³/mol. The van der Waals surface area contributed by atoms with Crippen LogP contribution in [0.2, 0.25) is 0 Å². The molecule has 0 amide bonds. The van der Waals surface area contributed by atoms with Crippen molar-refractivity contribution >= 4 is 17.5 Å². The minimum Gasteiger partial charge on any atom is -0.379 e. The second kappa shape index (κ2) is 5.87. The molecule has 18 heavy (non-hydrogen) atoms. The Balaban J connectivity index is 2.23. The highest BCUT2D eigenvalue weighted by atomic mass is 32.2. The van der Waals surface area contributed by atoms with Crippen LogP contribution in [0.4, 0.5) is 0 Å². The Morgan fingerprint density at radius 1 is 1.28 bits per heavy atom. The van der Waals surface area contributed by atoms with Gasteiger partial charge in [-0.3, -0.25) is 9.69 Å². The van der Waals surface area contributed by atoms with Gasteiger partial charge in [-0.2, -0.15) is 0 Å². The third-order valence-electron chi connectivity index (χ3n) is 3.47. The molecule has 1 heterocycles. The van der Waals surface area contributed by atoms with Gasteiger partial charge in [-0.25, -0.2) is 0 Å². The van der Waals surface area contributed by atoms with E-state index in [4.69, 9.17) is 4.74 Å². The summed E-state index contributed by atoms with van der Waals surface area (Å²) >= 11 is 1.60. The highest BCUT2D eigenvalue weighted by molar-refractivity contribution is 8.00. The third-order valence-corrected chi connectivity index (χ3v) is 4.71. The van der Waals surface area contributed by atoms with Gasteiger partial charge in [0.05, 0.1) is 13.2 Å². The molecule has 0 aromatic heterocycles. The molecular weight excluding hydrogens is 246 g/mol. The highest BCUT2D eigenvalue weighted by Gasteiger charge is 2.39. The lowest BCUT2D eigenvalue weighted by Crippen LogP contribution is -2.54. The molecule has 1 aliphatic rings. The first-order valence-electron chi connectivity index (χ1n) is 6.16. The van der Waals surface area contributed by atoms with E-state index < -0.39 is 4.87 Å². The van der Waals surface area contributed by atoms with Gasteiger partial charge >= 0.3 is 0 Å². The maximum absolute atomic E-state index is 12.7. The van der Waals surface area contributed by atoms with E-state index in [0.29, 0.717) is 13.2 Å². The van der Waals surface area contributed by atoms with Crippen molar-refractivity contribution in [3.05, 3.63) is 35.9 Å². The van der Waals surface area contributed by atoms with Crippen molar-refractivity contribution in [3.63, 3.8) is 0 Å². The molecule has 98 valence electrons. The lowest BCUT2D eigenvalue weighted by molar-refractivity contribution is 0.0136. The van der Waals surface area contributed by atoms with Gasteiger partial charge in [0.1, 0.15) is 4.87 Å². The van der Waals surface area contributed by atoms with Crippen molar-refractivity contribution < 1.29 is 9.53 Å². The zero-order valence-corrected chi connectivity index (χ0v) is 11.7. The molecule has 1 atom stereocenters. The Morgan fingerprint density at radius 3 is 2.44 bits per heavy atom. The number of hydrogen-bond acceptors (Lipinski definition) is 4. The first-order valence-corrected chi connectivity index (χ1v) is 7.39. The fourth-order valence-electron chi connectivity index (χ4n) is 2.21. The van der Waals surface area contributed by atoms with E-state index in [2.05, 4.69) is 4.90 Å². The van der Waals surface area contributed by atoms with Gasteiger partial charge in [0.15, 0.2) is 5.78 Å². The van der Waals surface area contributed by atoms with Crippen LogP contribution in [0, 0.1) is 0 Å². The number of carbonyl (C=O) groups excluding carboxylic acids is 1. The molecule has 3 nitrogen and oxygen atoms in total. The Kier molecular flexibility index (Phi) is 4.43. The van der Waals surface area contributed by atoms with Gasteiger partial charge in [0, 0.05) is 18.7 Å². The van der Waals surface area contributed by atoms with Crippen LogP contribution in [-0.4, -0.2) is 48.1 Å². The van der Waals surface area contributed by atoms with Gasteiger partial charge < -0.3 is 4.74 Å². The van der Waals surface area contributed by atoms with E-state index in [9.17, 15) is 4.79 Å². The standard InChI is InChI=1S/C14H19NO2S/c1-14(18-2,15-8-10-17-11-9-15)13(16)12-6-4-3-5-7-12/h3-7H,8-11H2,1-2H3. The van der Waals surface area contributed by atoms with E-state index >= 15 is 0 Å². The van der Waals surface area contributed by atoms with E-state index in [1.165, 1.54) is 0 Å². The average Bonchev–Trinajstić information content (AvgIpc) is 2.47. The maximum atomic E-state index is 12.7. The van der Waals surface area contributed by atoms with E-state index in [1.54, 1.807) is 11.8 Å². The second-order valence-corrected chi connectivity index (χ2v) is 5.68. The predicted octanol–water partition coefficient (Wildman–Crippen LogP) is 2.28. The quantitative estimate of drug-likeness (QED) is 0.781. The number of rotatable bonds is 4. The number of ether oxygens (including phenoxy) is 1. The fraction of sp³-hybridized carbons (Fsp3) is 0.500. The normalized spacial score (nSPS) is 20.3. The minimum absolute atomic E-state index is 0.178. The molecule has 4 heteroatoms. The van der Waals surface area contributed by atoms with Crippen LogP contribution in [-0.2, 0) is 4.74 Å². The van der Waals surface area contributed by atoms with E-state index in [-0.39, 0.29) is 5.78 Å². The van der Waals surface area contributed by atoms with Crippen LogP contribution in [0.1, 0.15) is 17.3 Å². The second-order valence-electron chi connectivity index (χ2n) is 4.48. The Morgan fingerprint density at radius 2 is 1.89 bits per heavy atom. The van der Waals surface area contributed by atoms with Crippen molar-refractivity contribution in [2.45, 2.75) is 11.8 Å². The van der Waals surface area contributed by atoms with Gasteiger partial charge in [-0.05, 0) is 13.2 Å². The number of benzene rings is 1. The number of ketones is 1. The van der Waals surface area contributed by atoms with Crippen LogP contribution < -0.4 is 0 Å². The van der Waals surface area contributed by atoms with Gasteiger partial charge in [0.2, 0.25) is 0 Å². The Labute approximate surface area is 113 Å².